The van der Waals surface area contributed by atoms with Crippen LogP contribution in [0.15, 0.2) is 4.99 Å². The van der Waals surface area contributed by atoms with Crippen LogP contribution in [0.4, 0.5) is 8.78 Å². The van der Waals surface area contributed by atoms with Crippen LogP contribution >= 0.6 is 0 Å². The largest absolute Gasteiger partial charge is 0.461 e. The van der Waals surface area contributed by atoms with Crippen molar-refractivity contribution in [3.63, 3.8) is 0 Å². The first-order valence-corrected chi connectivity index (χ1v) is 11.0. The summed E-state index contributed by atoms with van der Waals surface area (Å²) in [7, 11) is 0. The molecule has 0 aliphatic carbocycles. The van der Waals surface area contributed by atoms with Crippen molar-refractivity contribution in [2.45, 2.75) is 94.8 Å². The quantitative estimate of drug-likeness (QED) is 0.0840. The number of amides is 1. The molecule has 0 aromatic carbocycles. The topological polar surface area (TPSA) is 190 Å². The summed E-state index contributed by atoms with van der Waals surface area (Å²) in [6.45, 7) is 1.95. The minimum atomic E-state index is -3.75. The molecule has 1 rings (SSSR count). The molecule has 0 radical (unpaired) electrons. The molecule has 7 atom stereocenters. The molecule has 1 fully saturated rings. The summed E-state index contributed by atoms with van der Waals surface area (Å²) in [4.78, 5) is 27.7. The van der Waals surface area contributed by atoms with Crippen molar-refractivity contribution in [1.29, 1.82) is 0 Å². The van der Waals surface area contributed by atoms with E-state index in [2.05, 4.69) is 17.2 Å². The number of aliphatic hydroxyl groups is 3. The predicted octanol–water partition coefficient (Wildman–Crippen LogP) is -0.846. The summed E-state index contributed by atoms with van der Waals surface area (Å²) < 4.78 is 40.8. The number of guanidine groups is 1. The molecule has 192 valence electrons. The molecule has 11 nitrogen and oxygen atoms in total. The Morgan fingerprint density at radius 1 is 1.21 bits per heavy atom. The molecule has 0 saturated carbocycles. The molecule has 2 unspecified atom stereocenters. The highest BCUT2D eigenvalue weighted by Gasteiger charge is 2.63. The van der Waals surface area contributed by atoms with Gasteiger partial charge in [0.05, 0.1) is 19.3 Å². The molecule has 0 aromatic rings. The van der Waals surface area contributed by atoms with Crippen molar-refractivity contribution in [2.24, 2.45) is 16.5 Å². The maximum Gasteiger partial charge on any atom is 0.375 e. The first-order chi connectivity index (χ1) is 15.5. The molecular formula is C20H36F2N4O7. The minimum Gasteiger partial charge on any atom is -0.461 e. The van der Waals surface area contributed by atoms with E-state index in [1.54, 1.807) is 0 Å². The second-order valence-corrected chi connectivity index (χ2v) is 8.04. The smallest absolute Gasteiger partial charge is 0.375 e. The molecule has 8 N–H and O–H groups in total. The number of carbonyl (C=O) groups excluding carboxylic acids is 2. The molecule has 1 aliphatic heterocycles. The first kappa shape index (κ1) is 28.9. The van der Waals surface area contributed by atoms with E-state index in [4.69, 9.17) is 26.0 Å². The number of aliphatic hydroxyl groups excluding tert-OH is 3. The molecule has 1 aliphatic rings. The van der Waals surface area contributed by atoms with Crippen LogP contribution in [-0.2, 0) is 19.1 Å². The lowest BCUT2D eigenvalue weighted by atomic mass is 9.86. The van der Waals surface area contributed by atoms with Gasteiger partial charge in [-0.3, -0.25) is 4.79 Å². The van der Waals surface area contributed by atoms with E-state index in [0.29, 0.717) is 6.42 Å². The number of nitrogens with two attached hydrogens (primary N) is 2. The van der Waals surface area contributed by atoms with Gasteiger partial charge in [-0.15, -0.1) is 0 Å². The highest BCUT2D eigenvalue weighted by atomic mass is 19.2. The normalized spacial score (nSPS) is 29.1. The maximum absolute atomic E-state index is 15.6. The van der Waals surface area contributed by atoms with Gasteiger partial charge in [-0.1, -0.05) is 39.0 Å². The number of carbonyl (C=O) groups is 2. The zero-order chi connectivity index (χ0) is 25.2. The van der Waals surface area contributed by atoms with Crippen LogP contribution in [0.25, 0.3) is 0 Å². The van der Waals surface area contributed by atoms with Crippen LogP contribution < -0.4 is 16.8 Å². The first-order valence-electron chi connectivity index (χ1n) is 11.0. The Bertz CT molecular complexity index is 668. The van der Waals surface area contributed by atoms with Crippen molar-refractivity contribution in [2.75, 3.05) is 13.2 Å². The Balaban J connectivity index is 3.12. The average Bonchev–Trinajstić information content (AvgIpc) is 2.76. The van der Waals surface area contributed by atoms with Gasteiger partial charge >= 0.3 is 11.8 Å². The lowest BCUT2D eigenvalue weighted by Crippen LogP contribution is -2.71. The van der Waals surface area contributed by atoms with Crippen LogP contribution in [0, 0.1) is 0 Å². The molecule has 0 spiro atoms. The summed E-state index contributed by atoms with van der Waals surface area (Å²) in [6, 6.07) is -3.50. The Morgan fingerprint density at radius 2 is 1.82 bits per heavy atom. The number of esters is 1. The SMILES string of the molecule is CCCCCCCCOC(=O)[C@]1(F)OC([C@H](O)[C@H](O)CO)[C@H](NC(C)=O)C(N=C(N)N)[C@@H]1F. The number of nitrogens with one attached hydrogen (secondary N) is 1. The molecule has 1 amide bonds. The standard InChI is InChI=1S/C20H36F2N4O7/c1-3-4-5-6-7-8-9-32-18(31)20(22)17(21)14(26-19(23)24)13(25-11(2)28)16(33-20)15(30)12(29)10-27/h12-17,27,29-30H,3-10H2,1-2H3,(H,25,28)(H4,23,24,26)/t12-,13-,14?,15-,16?,17+,20-/m1/s1. The zero-order valence-corrected chi connectivity index (χ0v) is 19.0. The number of nitrogens with zero attached hydrogens (tertiary/aromatic N) is 1. The number of unbranched alkanes of at least 4 members (excludes halogenated alkanes) is 5. The van der Waals surface area contributed by atoms with E-state index < -0.39 is 66.9 Å². The molecule has 13 heteroatoms. The third-order valence-electron chi connectivity index (χ3n) is 5.28. The maximum atomic E-state index is 15.6. The van der Waals surface area contributed by atoms with Crippen LogP contribution in [-0.4, -0.2) is 88.8 Å². The van der Waals surface area contributed by atoms with Crippen LogP contribution in [0.3, 0.4) is 0 Å². The summed E-state index contributed by atoms with van der Waals surface area (Å²) in [5, 5.41) is 31.6. The Kier molecular flexibility index (Phi) is 11.9. The van der Waals surface area contributed by atoms with E-state index in [1.165, 1.54) is 0 Å². The molecular weight excluding hydrogens is 446 g/mol. The third kappa shape index (κ3) is 8.02. The van der Waals surface area contributed by atoms with Gasteiger partial charge in [-0.25, -0.2) is 14.2 Å². The van der Waals surface area contributed by atoms with E-state index in [-0.39, 0.29) is 6.61 Å². The van der Waals surface area contributed by atoms with Crippen LogP contribution in [0.5, 0.6) is 0 Å². The Hall–Kier alpha value is -2.09. The van der Waals surface area contributed by atoms with Crippen molar-refractivity contribution in [3.8, 4) is 0 Å². The highest BCUT2D eigenvalue weighted by Crippen LogP contribution is 2.38. The van der Waals surface area contributed by atoms with E-state index in [0.717, 1.165) is 39.0 Å². The van der Waals surface area contributed by atoms with Crippen LogP contribution in [0.2, 0.25) is 0 Å². The van der Waals surface area contributed by atoms with Crippen molar-refractivity contribution >= 4 is 17.8 Å². The number of hydrogen-bond donors (Lipinski definition) is 6. The second kappa shape index (κ2) is 13.6. The average molecular weight is 483 g/mol. The number of ether oxygens (including phenoxy) is 2. The fourth-order valence-electron chi connectivity index (χ4n) is 3.57. The fourth-order valence-corrected chi connectivity index (χ4v) is 3.57. The number of hydrogen-bond acceptors (Lipinski definition) is 8. The lowest BCUT2D eigenvalue weighted by Gasteiger charge is -2.46. The van der Waals surface area contributed by atoms with Gasteiger partial charge in [0.1, 0.15) is 24.4 Å². The molecule has 0 bridgehead atoms. The lowest BCUT2D eigenvalue weighted by molar-refractivity contribution is -0.278. The number of alkyl halides is 2. The second-order valence-electron chi connectivity index (χ2n) is 8.04. The summed E-state index contributed by atoms with van der Waals surface area (Å²) in [6.07, 6.45) is -3.49. The van der Waals surface area contributed by atoms with Crippen LogP contribution in [0.1, 0.15) is 52.4 Å². The van der Waals surface area contributed by atoms with Gasteiger partial charge in [0.2, 0.25) is 5.91 Å². The molecule has 0 aromatic heterocycles. The van der Waals surface area contributed by atoms with Gasteiger partial charge in [0.25, 0.3) is 0 Å². The van der Waals surface area contributed by atoms with Gasteiger partial charge in [0, 0.05) is 6.92 Å². The van der Waals surface area contributed by atoms with Gasteiger partial charge in [-0.05, 0) is 6.42 Å². The van der Waals surface area contributed by atoms with Crippen molar-refractivity contribution < 1.29 is 43.2 Å². The minimum absolute atomic E-state index is 0.193. The number of halogens is 2. The van der Waals surface area contributed by atoms with E-state index in [9.17, 15) is 19.8 Å². The molecule has 33 heavy (non-hydrogen) atoms. The summed E-state index contributed by atoms with van der Waals surface area (Å²) >= 11 is 0. The zero-order valence-electron chi connectivity index (χ0n) is 19.0. The summed E-state index contributed by atoms with van der Waals surface area (Å²) in [5.74, 6) is -6.86. The molecule has 1 heterocycles. The Morgan fingerprint density at radius 3 is 2.36 bits per heavy atom. The van der Waals surface area contributed by atoms with Gasteiger partial charge in [-0.2, -0.15) is 4.39 Å². The fraction of sp³-hybridized carbons (Fsp3) is 0.850. The monoisotopic (exact) mass is 482 g/mol. The van der Waals surface area contributed by atoms with E-state index in [1.807, 2.05) is 0 Å². The van der Waals surface area contributed by atoms with Gasteiger partial charge < -0.3 is 41.6 Å². The van der Waals surface area contributed by atoms with Crippen molar-refractivity contribution in [1.82, 2.24) is 5.32 Å². The summed E-state index contributed by atoms with van der Waals surface area (Å²) in [5.41, 5.74) is 10.6. The van der Waals surface area contributed by atoms with E-state index >= 15 is 8.78 Å². The predicted molar refractivity (Wildman–Crippen MR) is 114 cm³/mol. The highest BCUT2D eigenvalue weighted by molar-refractivity contribution is 5.80. The third-order valence-corrected chi connectivity index (χ3v) is 5.28. The number of aliphatic imine (C=N–C) groups is 1. The van der Waals surface area contributed by atoms with Crippen molar-refractivity contribution in [3.05, 3.63) is 0 Å². The Labute approximate surface area is 191 Å². The molecule has 1 saturated heterocycles. The number of rotatable bonds is 13. The van der Waals surface area contributed by atoms with Gasteiger partial charge in [0.15, 0.2) is 12.1 Å².